The zero-order chi connectivity index (χ0) is 13.8. The molecule has 0 bridgehead atoms. The molecule has 0 radical (unpaired) electrons. The van der Waals surface area contributed by atoms with Gasteiger partial charge in [0.05, 0.1) is 24.3 Å². The summed E-state index contributed by atoms with van der Waals surface area (Å²) in [7, 11) is 0. The van der Waals surface area contributed by atoms with Crippen LogP contribution in [0.2, 0.25) is 0 Å². The number of rotatable bonds is 5. The lowest BCUT2D eigenvalue weighted by molar-refractivity contribution is 0.564. The molecule has 0 unspecified atom stereocenters. The Morgan fingerprint density at radius 2 is 1.85 bits per heavy atom. The number of benzene rings is 1. The molecule has 0 aliphatic heterocycles. The van der Waals surface area contributed by atoms with Crippen LogP contribution in [0.3, 0.4) is 0 Å². The summed E-state index contributed by atoms with van der Waals surface area (Å²) in [4.78, 5) is 0. The monoisotopic (exact) mass is 289 g/mol. The number of nitrogens with zero attached hydrogens (tertiary/aromatic N) is 7. The van der Waals surface area contributed by atoms with Crippen LogP contribution < -0.4 is 0 Å². The standard InChI is InChI=1S/C12H12ClN7/c13-6-11-8-19(17-14-11)9-12-15-16-18-20(12)7-10-4-2-1-3-5-10/h1-5,8H,6-7,9H2. The molecule has 0 atom stereocenters. The lowest BCUT2D eigenvalue weighted by Crippen LogP contribution is -2.11. The quantitative estimate of drug-likeness (QED) is 0.658. The topological polar surface area (TPSA) is 74.3 Å². The molecule has 102 valence electrons. The molecule has 7 nitrogen and oxygen atoms in total. The third-order valence-electron chi connectivity index (χ3n) is 2.81. The van der Waals surface area contributed by atoms with Crippen LogP contribution in [0.5, 0.6) is 0 Å². The minimum absolute atomic E-state index is 0.342. The van der Waals surface area contributed by atoms with Crippen LogP contribution in [-0.2, 0) is 19.0 Å². The Morgan fingerprint density at radius 3 is 2.60 bits per heavy atom. The van der Waals surface area contributed by atoms with E-state index in [2.05, 4.69) is 25.8 Å². The third kappa shape index (κ3) is 2.83. The molecule has 2 aromatic heterocycles. The van der Waals surface area contributed by atoms with Crippen LogP contribution >= 0.6 is 11.6 Å². The van der Waals surface area contributed by atoms with Crippen LogP contribution in [0, 0.1) is 0 Å². The smallest absolute Gasteiger partial charge is 0.173 e. The molecule has 0 saturated heterocycles. The second-order valence-electron chi connectivity index (χ2n) is 4.28. The number of tetrazole rings is 1. The van der Waals surface area contributed by atoms with Gasteiger partial charge in [0.2, 0.25) is 0 Å². The van der Waals surface area contributed by atoms with E-state index in [1.807, 2.05) is 30.3 Å². The molecule has 3 rings (SSSR count). The Kier molecular flexibility index (Phi) is 3.69. The molecule has 0 spiro atoms. The van der Waals surface area contributed by atoms with Crippen molar-refractivity contribution < 1.29 is 0 Å². The van der Waals surface area contributed by atoms with E-state index >= 15 is 0 Å². The fourth-order valence-electron chi connectivity index (χ4n) is 1.84. The average molecular weight is 290 g/mol. The van der Waals surface area contributed by atoms with Crippen molar-refractivity contribution in [2.75, 3.05) is 0 Å². The van der Waals surface area contributed by atoms with Gasteiger partial charge in [-0.1, -0.05) is 35.5 Å². The van der Waals surface area contributed by atoms with Crippen molar-refractivity contribution >= 4 is 11.6 Å². The second kappa shape index (κ2) is 5.79. The first kappa shape index (κ1) is 12.7. The van der Waals surface area contributed by atoms with Gasteiger partial charge in [-0.2, -0.15) is 0 Å². The highest BCUT2D eigenvalue weighted by Crippen LogP contribution is 2.05. The summed E-state index contributed by atoms with van der Waals surface area (Å²) in [5, 5.41) is 19.7. The van der Waals surface area contributed by atoms with E-state index < -0.39 is 0 Å². The van der Waals surface area contributed by atoms with E-state index in [-0.39, 0.29) is 0 Å². The fraction of sp³-hybridized carbons (Fsp3) is 0.250. The van der Waals surface area contributed by atoms with Crippen molar-refractivity contribution in [3.63, 3.8) is 0 Å². The SMILES string of the molecule is ClCc1cn(Cc2nnnn2Cc2ccccc2)nn1. The normalized spacial score (nSPS) is 10.8. The Balaban J connectivity index is 1.76. The summed E-state index contributed by atoms with van der Waals surface area (Å²) in [6, 6.07) is 10.0. The van der Waals surface area contributed by atoms with Gasteiger partial charge in [0.1, 0.15) is 6.54 Å². The summed E-state index contributed by atoms with van der Waals surface area (Å²) in [5.41, 5.74) is 1.87. The number of hydrogen-bond donors (Lipinski definition) is 0. The highest BCUT2D eigenvalue weighted by atomic mass is 35.5. The van der Waals surface area contributed by atoms with Crippen molar-refractivity contribution in [2.45, 2.75) is 19.0 Å². The van der Waals surface area contributed by atoms with E-state index in [0.29, 0.717) is 19.0 Å². The van der Waals surface area contributed by atoms with Crippen LogP contribution in [0.4, 0.5) is 0 Å². The van der Waals surface area contributed by atoms with Crippen molar-refractivity contribution in [1.29, 1.82) is 0 Å². The van der Waals surface area contributed by atoms with Gasteiger partial charge in [-0.15, -0.1) is 21.8 Å². The molecule has 0 fully saturated rings. The van der Waals surface area contributed by atoms with Gasteiger partial charge in [-0.05, 0) is 16.0 Å². The number of alkyl halides is 1. The molecule has 0 aliphatic rings. The summed E-state index contributed by atoms with van der Waals surface area (Å²) >= 11 is 5.70. The first-order valence-corrected chi connectivity index (χ1v) is 6.62. The summed E-state index contributed by atoms with van der Waals surface area (Å²) in [5.74, 6) is 1.06. The van der Waals surface area contributed by atoms with E-state index in [1.54, 1.807) is 15.6 Å². The van der Waals surface area contributed by atoms with Crippen molar-refractivity contribution in [3.8, 4) is 0 Å². The minimum atomic E-state index is 0.342. The summed E-state index contributed by atoms with van der Waals surface area (Å²) in [6.07, 6.45) is 1.79. The maximum absolute atomic E-state index is 5.70. The van der Waals surface area contributed by atoms with E-state index in [0.717, 1.165) is 17.1 Å². The van der Waals surface area contributed by atoms with Gasteiger partial charge in [0, 0.05) is 0 Å². The van der Waals surface area contributed by atoms with Crippen molar-refractivity contribution in [3.05, 3.63) is 53.6 Å². The Bertz CT molecular complexity index is 676. The van der Waals surface area contributed by atoms with Crippen LogP contribution in [-0.4, -0.2) is 35.2 Å². The number of halogens is 1. The number of hydrogen-bond acceptors (Lipinski definition) is 5. The molecule has 0 aliphatic carbocycles. The highest BCUT2D eigenvalue weighted by molar-refractivity contribution is 6.16. The Hall–Kier alpha value is -2.28. The summed E-state index contributed by atoms with van der Waals surface area (Å²) < 4.78 is 3.42. The molecule has 0 N–H and O–H groups in total. The van der Waals surface area contributed by atoms with Crippen molar-refractivity contribution in [2.24, 2.45) is 0 Å². The molecule has 8 heteroatoms. The predicted molar refractivity (Wildman–Crippen MR) is 72.0 cm³/mol. The maximum Gasteiger partial charge on any atom is 0.173 e. The number of aromatic nitrogens is 7. The molecule has 2 heterocycles. The maximum atomic E-state index is 5.70. The zero-order valence-electron chi connectivity index (χ0n) is 10.6. The first-order valence-electron chi connectivity index (χ1n) is 6.09. The largest absolute Gasteiger partial charge is 0.245 e. The zero-order valence-corrected chi connectivity index (χ0v) is 11.3. The molecule has 3 aromatic rings. The highest BCUT2D eigenvalue weighted by Gasteiger charge is 2.09. The second-order valence-corrected chi connectivity index (χ2v) is 4.55. The van der Waals surface area contributed by atoms with Crippen LogP contribution in [0.1, 0.15) is 17.1 Å². The van der Waals surface area contributed by atoms with Gasteiger partial charge < -0.3 is 0 Å². The molecular formula is C12H12ClN7. The molecular weight excluding hydrogens is 278 g/mol. The summed E-state index contributed by atoms with van der Waals surface area (Å²) in [6.45, 7) is 1.09. The van der Waals surface area contributed by atoms with Gasteiger partial charge >= 0.3 is 0 Å². The average Bonchev–Trinajstić information content (AvgIpc) is 3.10. The van der Waals surface area contributed by atoms with Gasteiger partial charge in [0.15, 0.2) is 5.82 Å². The van der Waals surface area contributed by atoms with Crippen molar-refractivity contribution in [1.82, 2.24) is 35.2 Å². The molecule has 1 aromatic carbocycles. The molecule has 0 amide bonds. The van der Waals surface area contributed by atoms with Gasteiger partial charge in [0.25, 0.3) is 0 Å². The predicted octanol–water partition coefficient (Wildman–Crippen LogP) is 1.10. The van der Waals surface area contributed by atoms with E-state index in [1.165, 1.54) is 0 Å². The first-order chi connectivity index (χ1) is 9.85. The lowest BCUT2D eigenvalue weighted by atomic mass is 10.2. The van der Waals surface area contributed by atoms with E-state index in [9.17, 15) is 0 Å². The van der Waals surface area contributed by atoms with Crippen LogP contribution in [0.15, 0.2) is 36.5 Å². The van der Waals surface area contributed by atoms with Gasteiger partial charge in [-0.3, -0.25) is 0 Å². The molecule has 0 saturated carbocycles. The lowest BCUT2D eigenvalue weighted by Gasteiger charge is -2.04. The minimum Gasteiger partial charge on any atom is -0.245 e. The molecule has 20 heavy (non-hydrogen) atoms. The third-order valence-corrected chi connectivity index (χ3v) is 3.08. The van der Waals surface area contributed by atoms with E-state index in [4.69, 9.17) is 11.6 Å². The van der Waals surface area contributed by atoms with Crippen LogP contribution in [0.25, 0.3) is 0 Å². The van der Waals surface area contributed by atoms with Gasteiger partial charge in [-0.25, -0.2) is 9.36 Å². The Morgan fingerprint density at radius 1 is 1.00 bits per heavy atom. The Labute approximate surface area is 120 Å². The fourth-order valence-corrected chi connectivity index (χ4v) is 1.96.